The first-order valence-corrected chi connectivity index (χ1v) is 9.03. The van der Waals surface area contributed by atoms with Crippen molar-refractivity contribution in [2.24, 2.45) is 0 Å². The van der Waals surface area contributed by atoms with Gasteiger partial charge in [-0.25, -0.2) is 4.68 Å². The molecule has 1 amide bonds. The fraction of sp³-hybridized carbons (Fsp3) is 0.824. The maximum absolute atomic E-state index is 12.5. The summed E-state index contributed by atoms with van der Waals surface area (Å²) in [4.78, 5) is 14.3. The van der Waals surface area contributed by atoms with E-state index in [2.05, 4.69) is 10.3 Å². The first-order valence-electron chi connectivity index (χ1n) is 9.03. The predicted octanol–water partition coefficient (Wildman–Crippen LogP) is 2.81. The van der Waals surface area contributed by atoms with Gasteiger partial charge in [0, 0.05) is 20.2 Å². The average molecular weight is 320 g/mol. The molecular weight excluding hydrogens is 292 g/mol. The first-order chi connectivity index (χ1) is 11.2. The van der Waals surface area contributed by atoms with Gasteiger partial charge in [-0.1, -0.05) is 30.9 Å². The van der Waals surface area contributed by atoms with Crippen LogP contribution < -0.4 is 0 Å². The van der Waals surface area contributed by atoms with Crippen LogP contribution in [-0.2, 0) is 4.74 Å². The molecule has 0 radical (unpaired) electrons. The Hall–Kier alpha value is -1.43. The van der Waals surface area contributed by atoms with Gasteiger partial charge in [0.05, 0.1) is 18.3 Å². The summed E-state index contributed by atoms with van der Waals surface area (Å²) in [6.45, 7) is 1.44. The van der Waals surface area contributed by atoms with Crippen molar-refractivity contribution in [3.63, 3.8) is 0 Å². The molecular formula is C17H28N4O2. The van der Waals surface area contributed by atoms with Gasteiger partial charge in [-0.3, -0.25) is 4.79 Å². The number of rotatable bonds is 4. The summed E-state index contributed by atoms with van der Waals surface area (Å²) in [5.41, 5.74) is 0.451. The number of likely N-dealkylation sites (N-methyl/N-ethyl adjacent to an activating group) is 1. The number of nitrogens with zero attached hydrogens (tertiary/aromatic N) is 4. The monoisotopic (exact) mass is 320 g/mol. The van der Waals surface area contributed by atoms with Crippen LogP contribution >= 0.6 is 0 Å². The van der Waals surface area contributed by atoms with Crippen LogP contribution in [0, 0.1) is 0 Å². The van der Waals surface area contributed by atoms with Gasteiger partial charge in [0.1, 0.15) is 0 Å². The standard InChI is InChI=1S/C17H28N4O2/c1-20(12-15-10-6-7-11-23-15)17(22)16-13-21(19-18-16)14-8-4-2-3-5-9-14/h13-15H,2-12H2,1H3. The largest absolute Gasteiger partial charge is 0.376 e. The molecule has 2 fully saturated rings. The molecule has 23 heavy (non-hydrogen) atoms. The topological polar surface area (TPSA) is 60.2 Å². The molecule has 3 rings (SSSR count). The van der Waals surface area contributed by atoms with E-state index in [4.69, 9.17) is 4.74 Å². The number of carbonyl (C=O) groups is 1. The van der Waals surface area contributed by atoms with E-state index >= 15 is 0 Å². The van der Waals surface area contributed by atoms with Crippen LogP contribution in [-0.4, -0.2) is 52.1 Å². The molecule has 1 aromatic rings. The van der Waals surface area contributed by atoms with Crippen LogP contribution in [0.4, 0.5) is 0 Å². The number of ether oxygens (including phenoxy) is 1. The Labute approximate surface area is 138 Å². The lowest BCUT2D eigenvalue weighted by atomic mass is 10.1. The second-order valence-electron chi connectivity index (χ2n) is 6.90. The molecule has 128 valence electrons. The fourth-order valence-corrected chi connectivity index (χ4v) is 3.61. The lowest BCUT2D eigenvalue weighted by Crippen LogP contribution is -2.37. The maximum Gasteiger partial charge on any atom is 0.275 e. The van der Waals surface area contributed by atoms with Crippen molar-refractivity contribution in [3.05, 3.63) is 11.9 Å². The van der Waals surface area contributed by atoms with E-state index in [1.165, 1.54) is 32.1 Å². The van der Waals surface area contributed by atoms with Crippen LogP contribution in [0.25, 0.3) is 0 Å². The Morgan fingerprint density at radius 1 is 1.22 bits per heavy atom. The number of aromatic nitrogens is 3. The summed E-state index contributed by atoms with van der Waals surface area (Å²) in [6, 6.07) is 0.401. The highest BCUT2D eigenvalue weighted by Gasteiger charge is 2.23. The Morgan fingerprint density at radius 2 is 1.96 bits per heavy atom. The third kappa shape index (κ3) is 4.31. The zero-order valence-electron chi connectivity index (χ0n) is 14.1. The molecule has 0 N–H and O–H groups in total. The van der Waals surface area contributed by atoms with Crippen molar-refractivity contribution in [1.82, 2.24) is 19.9 Å². The summed E-state index contributed by atoms with van der Waals surface area (Å²) in [6.07, 6.45) is 12.7. The molecule has 6 heteroatoms. The van der Waals surface area contributed by atoms with E-state index in [9.17, 15) is 4.79 Å². The minimum Gasteiger partial charge on any atom is -0.376 e. The minimum absolute atomic E-state index is 0.0564. The molecule has 2 heterocycles. The van der Waals surface area contributed by atoms with Crippen LogP contribution in [0.5, 0.6) is 0 Å². The van der Waals surface area contributed by atoms with Gasteiger partial charge in [0.15, 0.2) is 5.69 Å². The average Bonchev–Trinajstić information content (AvgIpc) is 2.90. The molecule has 0 bridgehead atoms. The Balaban J connectivity index is 1.58. The van der Waals surface area contributed by atoms with Gasteiger partial charge in [-0.2, -0.15) is 0 Å². The molecule has 1 saturated carbocycles. The fourth-order valence-electron chi connectivity index (χ4n) is 3.61. The third-order valence-electron chi connectivity index (χ3n) is 5.03. The molecule has 0 spiro atoms. The maximum atomic E-state index is 12.5. The van der Waals surface area contributed by atoms with E-state index in [1.54, 1.807) is 4.90 Å². The summed E-state index contributed by atoms with van der Waals surface area (Å²) in [5.74, 6) is -0.0564. The van der Waals surface area contributed by atoms with E-state index in [-0.39, 0.29) is 12.0 Å². The van der Waals surface area contributed by atoms with Gasteiger partial charge >= 0.3 is 0 Å². The lowest BCUT2D eigenvalue weighted by molar-refractivity contribution is -0.000293. The van der Waals surface area contributed by atoms with Gasteiger partial charge < -0.3 is 9.64 Å². The molecule has 2 aliphatic rings. The summed E-state index contributed by atoms with van der Waals surface area (Å²) in [7, 11) is 1.82. The van der Waals surface area contributed by atoms with Gasteiger partial charge in [-0.15, -0.1) is 5.10 Å². The van der Waals surface area contributed by atoms with E-state index < -0.39 is 0 Å². The molecule has 1 aromatic heterocycles. The van der Waals surface area contributed by atoms with Gasteiger partial charge in [-0.05, 0) is 32.1 Å². The van der Waals surface area contributed by atoms with E-state index in [0.717, 1.165) is 32.3 Å². The quantitative estimate of drug-likeness (QED) is 0.800. The summed E-state index contributed by atoms with van der Waals surface area (Å²) < 4.78 is 7.62. The van der Waals surface area contributed by atoms with Crippen LogP contribution in [0.2, 0.25) is 0 Å². The van der Waals surface area contributed by atoms with Crippen molar-refractivity contribution in [2.75, 3.05) is 20.2 Å². The molecule has 0 aromatic carbocycles. The highest BCUT2D eigenvalue weighted by atomic mass is 16.5. The summed E-state index contributed by atoms with van der Waals surface area (Å²) in [5, 5.41) is 8.34. The van der Waals surface area contributed by atoms with Crippen LogP contribution in [0.3, 0.4) is 0 Å². The second kappa shape index (κ2) is 7.90. The van der Waals surface area contributed by atoms with Crippen molar-refractivity contribution < 1.29 is 9.53 Å². The third-order valence-corrected chi connectivity index (χ3v) is 5.03. The second-order valence-corrected chi connectivity index (χ2v) is 6.90. The Bertz CT molecular complexity index is 502. The SMILES string of the molecule is CN(CC1CCCCO1)C(=O)c1cn(C2CCCCCC2)nn1. The van der Waals surface area contributed by atoms with E-state index in [0.29, 0.717) is 18.3 Å². The Morgan fingerprint density at radius 3 is 2.65 bits per heavy atom. The highest BCUT2D eigenvalue weighted by Crippen LogP contribution is 2.26. The molecule has 1 aliphatic carbocycles. The summed E-state index contributed by atoms with van der Waals surface area (Å²) >= 11 is 0. The van der Waals surface area contributed by atoms with Crippen molar-refractivity contribution in [2.45, 2.75) is 69.9 Å². The van der Waals surface area contributed by atoms with Gasteiger partial charge in [0.2, 0.25) is 0 Å². The highest BCUT2D eigenvalue weighted by molar-refractivity contribution is 5.91. The van der Waals surface area contributed by atoms with Crippen molar-refractivity contribution in [3.8, 4) is 0 Å². The zero-order valence-corrected chi connectivity index (χ0v) is 14.1. The number of amides is 1. The number of carbonyl (C=O) groups excluding carboxylic acids is 1. The Kier molecular flexibility index (Phi) is 5.65. The van der Waals surface area contributed by atoms with Crippen molar-refractivity contribution >= 4 is 5.91 Å². The van der Waals surface area contributed by atoms with Crippen LogP contribution in [0.15, 0.2) is 6.20 Å². The normalized spacial score (nSPS) is 23.4. The number of hydrogen-bond donors (Lipinski definition) is 0. The van der Waals surface area contributed by atoms with Crippen molar-refractivity contribution in [1.29, 1.82) is 0 Å². The lowest BCUT2D eigenvalue weighted by Gasteiger charge is -2.26. The minimum atomic E-state index is -0.0564. The van der Waals surface area contributed by atoms with Gasteiger partial charge in [0.25, 0.3) is 5.91 Å². The molecule has 1 saturated heterocycles. The van der Waals surface area contributed by atoms with Crippen LogP contribution in [0.1, 0.15) is 74.3 Å². The molecule has 1 aliphatic heterocycles. The first kappa shape index (κ1) is 16.4. The molecule has 1 unspecified atom stereocenters. The zero-order chi connectivity index (χ0) is 16.1. The predicted molar refractivity (Wildman–Crippen MR) is 87.3 cm³/mol. The molecule has 1 atom stereocenters. The molecule has 6 nitrogen and oxygen atoms in total. The smallest absolute Gasteiger partial charge is 0.275 e. The van der Waals surface area contributed by atoms with E-state index in [1.807, 2.05) is 17.9 Å². The number of hydrogen-bond acceptors (Lipinski definition) is 4.